The SMILES string of the molecule is CN(C)S(=O)(=O)c1ccc(C(O)=C2C(=O)C(=O)N(CCCN3CCOCC3)[C@@H]2c2ccc(F)cc2)cc1. The number of likely N-dealkylation sites (tertiary alicyclic amines) is 1. The van der Waals surface area contributed by atoms with Crippen molar-refractivity contribution in [3.05, 3.63) is 71.0 Å². The number of aliphatic hydroxyl groups is 1. The predicted octanol–water partition coefficient (Wildman–Crippen LogP) is 2.22. The van der Waals surface area contributed by atoms with Crippen LogP contribution in [0.25, 0.3) is 5.76 Å². The van der Waals surface area contributed by atoms with Crippen molar-refractivity contribution < 1.29 is 32.2 Å². The van der Waals surface area contributed by atoms with Crippen LogP contribution in [0, 0.1) is 5.82 Å². The number of sulfonamides is 1. The summed E-state index contributed by atoms with van der Waals surface area (Å²) in [5.41, 5.74) is 0.558. The number of hydrogen-bond donors (Lipinski definition) is 1. The first-order chi connectivity index (χ1) is 17.6. The minimum atomic E-state index is -3.69. The van der Waals surface area contributed by atoms with E-state index in [9.17, 15) is 27.5 Å². The van der Waals surface area contributed by atoms with E-state index < -0.39 is 39.3 Å². The van der Waals surface area contributed by atoms with Gasteiger partial charge in [-0.3, -0.25) is 14.5 Å². The van der Waals surface area contributed by atoms with Crippen LogP contribution < -0.4 is 0 Å². The maximum absolute atomic E-state index is 13.7. The molecule has 1 atom stereocenters. The zero-order valence-corrected chi connectivity index (χ0v) is 21.6. The average molecular weight is 532 g/mol. The molecule has 0 spiro atoms. The Morgan fingerprint density at radius 2 is 1.65 bits per heavy atom. The third-order valence-electron chi connectivity index (χ3n) is 6.61. The normalized spacial score (nSPS) is 20.6. The van der Waals surface area contributed by atoms with Crippen LogP contribution in [0.3, 0.4) is 0 Å². The zero-order valence-electron chi connectivity index (χ0n) is 20.8. The van der Waals surface area contributed by atoms with E-state index in [0.29, 0.717) is 31.7 Å². The summed E-state index contributed by atoms with van der Waals surface area (Å²) in [5.74, 6) is -2.48. The standard InChI is InChI=1S/C26H30FN3O6S/c1-28(2)37(34,35)21-10-6-19(7-11-21)24(31)22-23(18-4-8-20(27)9-5-18)30(26(33)25(22)32)13-3-12-29-14-16-36-17-15-29/h4-11,23,31H,3,12-17H2,1-2H3/t23-/m1/s1. The van der Waals surface area contributed by atoms with E-state index in [-0.39, 0.29) is 22.6 Å². The van der Waals surface area contributed by atoms with Crippen LogP contribution in [0.15, 0.2) is 59.0 Å². The Morgan fingerprint density at radius 3 is 2.24 bits per heavy atom. The number of benzene rings is 2. The Balaban J connectivity index is 1.68. The minimum Gasteiger partial charge on any atom is -0.507 e. The first-order valence-corrected chi connectivity index (χ1v) is 13.4. The van der Waals surface area contributed by atoms with Crippen LogP contribution in [0.5, 0.6) is 0 Å². The van der Waals surface area contributed by atoms with Gasteiger partial charge in [-0.25, -0.2) is 17.1 Å². The molecule has 2 aliphatic heterocycles. The highest BCUT2D eigenvalue weighted by Crippen LogP contribution is 2.39. The van der Waals surface area contributed by atoms with Gasteiger partial charge in [-0.2, -0.15) is 0 Å². The molecular formula is C26H30FN3O6S. The van der Waals surface area contributed by atoms with Gasteiger partial charge in [0.15, 0.2) is 0 Å². The van der Waals surface area contributed by atoms with Gasteiger partial charge in [0.1, 0.15) is 11.6 Å². The Morgan fingerprint density at radius 1 is 1.03 bits per heavy atom. The van der Waals surface area contributed by atoms with Gasteiger partial charge in [0.2, 0.25) is 10.0 Å². The number of hydrogen-bond acceptors (Lipinski definition) is 7. The number of aliphatic hydroxyl groups excluding tert-OH is 1. The number of halogens is 1. The Labute approximate surface area is 215 Å². The lowest BCUT2D eigenvalue weighted by molar-refractivity contribution is -0.140. The van der Waals surface area contributed by atoms with Gasteiger partial charge in [-0.15, -0.1) is 0 Å². The third kappa shape index (κ3) is 5.59. The van der Waals surface area contributed by atoms with E-state index in [1.165, 1.54) is 67.5 Å². The molecule has 2 heterocycles. The molecule has 11 heteroatoms. The van der Waals surface area contributed by atoms with Gasteiger partial charge < -0.3 is 14.7 Å². The first kappa shape index (κ1) is 26.9. The second kappa shape index (κ2) is 11.1. The number of Topliss-reactive ketones (excluding diaryl/α,β-unsaturated/α-hetero) is 1. The van der Waals surface area contributed by atoms with E-state index >= 15 is 0 Å². The molecule has 9 nitrogen and oxygen atoms in total. The van der Waals surface area contributed by atoms with E-state index in [1.807, 2.05) is 0 Å². The molecule has 0 unspecified atom stereocenters. The third-order valence-corrected chi connectivity index (χ3v) is 8.44. The molecule has 1 amide bonds. The number of ketones is 1. The fraction of sp³-hybridized carbons (Fsp3) is 0.385. The monoisotopic (exact) mass is 531 g/mol. The lowest BCUT2D eigenvalue weighted by Crippen LogP contribution is -2.38. The van der Waals surface area contributed by atoms with Crippen LogP contribution >= 0.6 is 0 Å². The number of amides is 1. The van der Waals surface area contributed by atoms with Gasteiger partial charge >= 0.3 is 0 Å². The topological polar surface area (TPSA) is 107 Å². The Bertz CT molecular complexity index is 1290. The number of morpholine rings is 1. The van der Waals surface area contributed by atoms with Gasteiger partial charge in [0, 0.05) is 45.8 Å². The minimum absolute atomic E-state index is 0.0210. The van der Waals surface area contributed by atoms with Crippen LogP contribution in [-0.4, -0.2) is 92.8 Å². The number of nitrogens with zero attached hydrogens (tertiary/aromatic N) is 3. The summed E-state index contributed by atoms with van der Waals surface area (Å²) in [7, 11) is -0.867. The van der Waals surface area contributed by atoms with Crippen LogP contribution in [0.4, 0.5) is 4.39 Å². The lowest BCUT2D eigenvalue weighted by Gasteiger charge is -2.29. The van der Waals surface area contributed by atoms with E-state index in [1.54, 1.807) is 0 Å². The number of carbonyl (C=O) groups is 2. The molecule has 1 N–H and O–H groups in total. The smallest absolute Gasteiger partial charge is 0.295 e. The predicted molar refractivity (Wildman–Crippen MR) is 135 cm³/mol. The summed E-state index contributed by atoms with van der Waals surface area (Å²) in [6, 6.07) is 9.98. The molecule has 198 valence electrons. The molecule has 2 aromatic rings. The summed E-state index contributed by atoms with van der Waals surface area (Å²) in [5, 5.41) is 11.2. The van der Waals surface area contributed by atoms with E-state index in [2.05, 4.69) is 4.90 Å². The number of rotatable bonds is 8. The number of ether oxygens (including phenoxy) is 1. The van der Waals surface area contributed by atoms with Crippen LogP contribution in [-0.2, 0) is 24.3 Å². The van der Waals surface area contributed by atoms with Crippen molar-refractivity contribution in [2.45, 2.75) is 17.4 Å². The zero-order chi connectivity index (χ0) is 26.7. The van der Waals surface area contributed by atoms with Crippen molar-refractivity contribution in [2.24, 2.45) is 0 Å². The van der Waals surface area contributed by atoms with Gasteiger partial charge in [-0.05, 0) is 48.4 Å². The molecular weight excluding hydrogens is 501 g/mol. The molecule has 4 rings (SSSR count). The highest BCUT2D eigenvalue weighted by molar-refractivity contribution is 7.89. The second-order valence-corrected chi connectivity index (χ2v) is 11.3. The highest BCUT2D eigenvalue weighted by atomic mass is 32.2. The van der Waals surface area contributed by atoms with Crippen molar-refractivity contribution in [1.82, 2.24) is 14.1 Å². The number of carbonyl (C=O) groups excluding carboxylic acids is 2. The summed E-state index contributed by atoms with van der Waals surface area (Å²) in [6.45, 7) is 3.86. The molecule has 2 aromatic carbocycles. The summed E-state index contributed by atoms with van der Waals surface area (Å²) >= 11 is 0. The fourth-order valence-corrected chi connectivity index (χ4v) is 5.44. The molecule has 2 fully saturated rings. The van der Waals surface area contributed by atoms with E-state index in [0.717, 1.165) is 17.4 Å². The molecule has 0 aromatic heterocycles. The molecule has 0 radical (unpaired) electrons. The molecule has 0 saturated carbocycles. The Kier molecular flexibility index (Phi) is 8.08. The molecule has 37 heavy (non-hydrogen) atoms. The fourth-order valence-electron chi connectivity index (χ4n) is 4.54. The largest absolute Gasteiger partial charge is 0.507 e. The van der Waals surface area contributed by atoms with Gasteiger partial charge in [0.25, 0.3) is 11.7 Å². The summed E-state index contributed by atoms with van der Waals surface area (Å²) in [6.07, 6.45) is 0.599. The average Bonchev–Trinajstić information content (AvgIpc) is 3.14. The van der Waals surface area contributed by atoms with Crippen LogP contribution in [0.1, 0.15) is 23.6 Å². The molecule has 0 aliphatic carbocycles. The van der Waals surface area contributed by atoms with Crippen molar-refractivity contribution in [3.8, 4) is 0 Å². The van der Waals surface area contributed by atoms with Gasteiger partial charge in [-0.1, -0.05) is 12.1 Å². The maximum Gasteiger partial charge on any atom is 0.295 e. The van der Waals surface area contributed by atoms with Gasteiger partial charge in [0.05, 0.1) is 29.7 Å². The summed E-state index contributed by atoms with van der Waals surface area (Å²) < 4.78 is 44.9. The first-order valence-electron chi connectivity index (χ1n) is 12.0. The Hall–Kier alpha value is -3.12. The summed E-state index contributed by atoms with van der Waals surface area (Å²) in [4.78, 5) is 29.9. The van der Waals surface area contributed by atoms with E-state index in [4.69, 9.17) is 4.74 Å². The second-order valence-electron chi connectivity index (χ2n) is 9.16. The van der Waals surface area contributed by atoms with Crippen molar-refractivity contribution >= 4 is 27.5 Å². The van der Waals surface area contributed by atoms with Crippen molar-refractivity contribution in [2.75, 3.05) is 53.5 Å². The van der Waals surface area contributed by atoms with Crippen LogP contribution in [0.2, 0.25) is 0 Å². The molecule has 2 aliphatic rings. The maximum atomic E-state index is 13.7. The van der Waals surface area contributed by atoms with Crippen molar-refractivity contribution in [3.63, 3.8) is 0 Å². The molecule has 2 saturated heterocycles. The molecule has 0 bridgehead atoms. The highest BCUT2D eigenvalue weighted by Gasteiger charge is 2.45. The van der Waals surface area contributed by atoms with Crippen molar-refractivity contribution in [1.29, 1.82) is 0 Å². The quantitative estimate of drug-likeness (QED) is 0.316. The lowest BCUT2D eigenvalue weighted by atomic mass is 9.95.